The van der Waals surface area contributed by atoms with E-state index in [1.165, 1.54) is 76.9 Å². The summed E-state index contributed by atoms with van der Waals surface area (Å²) in [4.78, 5) is 23.8. The molecule has 1 aliphatic heterocycles. The molecule has 128 valence electrons. The molecule has 0 aromatic heterocycles. The molecule has 1 saturated heterocycles. The lowest BCUT2D eigenvalue weighted by molar-refractivity contribution is 0.0696. The second-order valence-corrected chi connectivity index (χ2v) is 5.84. The number of hydrogen-bond donors (Lipinski definition) is 2. The Balaban J connectivity index is 0.000000238. The Bertz CT molecular complexity index is 490. The maximum absolute atomic E-state index is 10.6. The van der Waals surface area contributed by atoms with Crippen LogP contribution in [0.2, 0.25) is 0 Å². The Morgan fingerprint density at radius 3 is 2.00 bits per heavy atom. The molecule has 0 spiro atoms. The standard InChI is InChI=1S/C9H19N.C9H8O4/c1-2-3-7-10-8-5-4-6-9-10;1-5-6(8(10)11)3-2-4-7(5)9(12)13/h2-9H2,1H3;2-4H,1H3,(H,10,11)(H,12,13). The Morgan fingerprint density at radius 2 is 1.57 bits per heavy atom. The molecule has 0 aliphatic carbocycles. The van der Waals surface area contributed by atoms with Gasteiger partial charge >= 0.3 is 11.9 Å². The number of carboxylic acid groups (broad SMARTS) is 2. The highest BCUT2D eigenvalue weighted by atomic mass is 16.4. The third kappa shape index (κ3) is 6.40. The van der Waals surface area contributed by atoms with E-state index >= 15 is 0 Å². The molecule has 5 nitrogen and oxygen atoms in total. The fraction of sp³-hybridized carbons (Fsp3) is 0.556. The van der Waals surface area contributed by atoms with Gasteiger partial charge in [-0.15, -0.1) is 0 Å². The summed E-state index contributed by atoms with van der Waals surface area (Å²) in [6.07, 6.45) is 7.06. The lowest BCUT2D eigenvalue weighted by Crippen LogP contribution is -2.30. The number of unbranched alkanes of at least 4 members (excludes halogenated alkanes) is 1. The van der Waals surface area contributed by atoms with Crippen molar-refractivity contribution in [3.05, 3.63) is 34.9 Å². The zero-order chi connectivity index (χ0) is 17.2. The molecule has 1 aromatic carbocycles. The number of likely N-dealkylation sites (tertiary alicyclic amines) is 1. The lowest BCUT2D eigenvalue weighted by Gasteiger charge is -2.25. The van der Waals surface area contributed by atoms with Crippen LogP contribution < -0.4 is 0 Å². The highest BCUT2D eigenvalue weighted by molar-refractivity contribution is 5.96. The van der Waals surface area contributed by atoms with Gasteiger partial charge in [0.25, 0.3) is 0 Å². The van der Waals surface area contributed by atoms with E-state index in [0.29, 0.717) is 0 Å². The molecule has 1 aliphatic rings. The molecule has 0 amide bonds. The number of hydrogen-bond acceptors (Lipinski definition) is 3. The van der Waals surface area contributed by atoms with Crippen LogP contribution in [-0.4, -0.2) is 46.7 Å². The minimum atomic E-state index is -1.11. The van der Waals surface area contributed by atoms with E-state index in [2.05, 4.69) is 11.8 Å². The highest BCUT2D eigenvalue weighted by Crippen LogP contribution is 2.13. The first kappa shape index (κ1) is 19.2. The highest BCUT2D eigenvalue weighted by Gasteiger charge is 2.13. The van der Waals surface area contributed by atoms with Crippen LogP contribution in [0.4, 0.5) is 0 Å². The lowest BCUT2D eigenvalue weighted by atomic mass is 10.0. The minimum Gasteiger partial charge on any atom is -0.478 e. The molecule has 1 heterocycles. The molecule has 0 bridgehead atoms. The summed E-state index contributed by atoms with van der Waals surface area (Å²) in [7, 11) is 0. The molecule has 2 rings (SSSR count). The third-order valence-electron chi connectivity index (χ3n) is 4.07. The number of aromatic carboxylic acids is 2. The van der Waals surface area contributed by atoms with Gasteiger partial charge in [0.2, 0.25) is 0 Å². The van der Waals surface area contributed by atoms with E-state index in [0.717, 1.165) is 0 Å². The fourth-order valence-electron chi connectivity index (χ4n) is 2.66. The van der Waals surface area contributed by atoms with Gasteiger partial charge in [0.1, 0.15) is 0 Å². The van der Waals surface area contributed by atoms with Gasteiger partial charge in [0, 0.05) is 0 Å². The second-order valence-electron chi connectivity index (χ2n) is 5.84. The topological polar surface area (TPSA) is 77.8 Å². The van der Waals surface area contributed by atoms with Crippen molar-refractivity contribution in [3.8, 4) is 0 Å². The van der Waals surface area contributed by atoms with Crippen LogP contribution in [0.1, 0.15) is 65.3 Å². The summed E-state index contributed by atoms with van der Waals surface area (Å²) < 4.78 is 0. The molecule has 0 unspecified atom stereocenters. The van der Waals surface area contributed by atoms with Crippen molar-refractivity contribution in [3.63, 3.8) is 0 Å². The van der Waals surface area contributed by atoms with Crippen LogP contribution in [0.5, 0.6) is 0 Å². The van der Waals surface area contributed by atoms with Crippen molar-refractivity contribution in [1.82, 2.24) is 4.90 Å². The Kier molecular flexibility index (Phi) is 8.33. The van der Waals surface area contributed by atoms with Gasteiger partial charge < -0.3 is 15.1 Å². The summed E-state index contributed by atoms with van der Waals surface area (Å²) in [5.41, 5.74) is 0.335. The van der Waals surface area contributed by atoms with E-state index in [-0.39, 0.29) is 16.7 Å². The molecular formula is C18H27NO4. The number of nitrogens with zero attached hydrogens (tertiary/aromatic N) is 1. The smallest absolute Gasteiger partial charge is 0.335 e. The van der Waals surface area contributed by atoms with Crippen LogP contribution in [-0.2, 0) is 0 Å². The van der Waals surface area contributed by atoms with E-state index < -0.39 is 11.9 Å². The largest absolute Gasteiger partial charge is 0.478 e. The van der Waals surface area contributed by atoms with Crippen molar-refractivity contribution in [2.75, 3.05) is 19.6 Å². The van der Waals surface area contributed by atoms with E-state index in [4.69, 9.17) is 10.2 Å². The van der Waals surface area contributed by atoms with Gasteiger partial charge in [0.05, 0.1) is 11.1 Å². The zero-order valence-electron chi connectivity index (χ0n) is 14.0. The van der Waals surface area contributed by atoms with Crippen molar-refractivity contribution < 1.29 is 19.8 Å². The van der Waals surface area contributed by atoms with E-state index in [9.17, 15) is 9.59 Å². The number of carbonyl (C=O) groups is 2. The maximum Gasteiger partial charge on any atom is 0.335 e. The van der Waals surface area contributed by atoms with Crippen molar-refractivity contribution in [2.24, 2.45) is 0 Å². The van der Waals surface area contributed by atoms with Crippen molar-refractivity contribution in [2.45, 2.75) is 46.0 Å². The summed E-state index contributed by atoms with van der Waals surface area (Å²) >= 11 is 0. The average molecular weight is 321 g/mol. The predicted molar refractivity (Wildman–Crippen MR) is 90.3 cm³/mol. The van der Waals surface area contributed by atoms with Gasteiger partial charge in [-0.3, -0.25) is 0 Å². The third-order valence-corrected chi connectivity index (χ3v) is 4.07. The van der Waals surface area contributed by atoms with Crippen LogP contribution in [0.3, 0.4) is 0 Å². The van der Waals surface area contributed by atoms with Gasteiger partial charge in [-0.05, 0) is 63.5 Å². The van der Waals surface area contributed by atoms with Crippen LogP contribution in [0, 0.1) is 6.92 Å². The van der Waals surface area contributed by atoms with Crippen LogP contribution >= 0.6 is 0 Å². The Labute approximate surface area is 137 Å². The second kappa shape index (κ2) is 10.0. The molecule has 2 N–H and O–H groups in total. The number of rotatable bonds is 5. The van der Waals surface area contributed by atoms with Gasteiger partial charge in [-0.25, -0.2) is 9.59 Å². The molecule has 0 atom stereocenters. The summed E-state index contributed by atoms with van der Waals surface area (Å²) in [5, 5.41) is 17.4. The SMILES string of the molecule is CCCCN1CCCCC1.Cc1c(C(=O)O)cccc1C(=O)O. The molecular weight excluding hydrogens is 294 g/mol. The van der Waals surface area contributed by atoms with Gasteiger partial charge in [0.15, 0.2) is 0 Å². The molecule has 1 fully saturated rings. The molecule has 5 heteroatoms. The number of benzene rings is 1. The maximum atomic E-state index is 10.6. The molecule has 23 heavy (non-hydrogen) atoms. The predicted octanol–water partition coefficient (Wildman–Crippen LogP) is 3.66. The van der Waals surface area contributed by atoms with Gasteiger partial charge in [-0.2, -0.15) is 0 Å². The Morgan fingerprint density at radius 1 is 1.04 bits per heavy atom. The molecule has 0 radical (unpaired) electrons. The van der Waals surface area contributed by atoms with Gasteiger partial charge in [-0.1, -0.05) is 25.8 Å². The summed E-state index contributed by atoms with van der Waals surface area (Å²) in [6.45, 7) is 7.81. The summed E-state index contributed by atoms with van der Waals surface area (Å²) in [6, 6.07) is 4.17. The van der Waals surface area contributed by atoms with Crippen molar-refractivity contribution in [1.29, 1.82) is 0 Å². The average Bonchev–Trinajstić information content (AvgIpc) is 2.54. The summed E-state index contributed by atoms with van der Waals surface area (Å²) in [5.74, 6) is -2.22. The van der Waals surface area contributed by atoms with Crippen molar-refractivity contribution >= 4 is 11.9 Å². The Hall–Kier alpha value is -1.88. The van der Waals surface area contributed by atoms with E-state index in [1.807, 2.05) is 0 Å². The van der Waals surface area contributed by atoms with Crippen LogP contribution in [0.15, 0.2) is 18.2 Å². The van der Waals surface area contributed by atoms with E-state index in [1.54, 1.807) is 0 Å². The first-order valence-corrected chi connectivity index (χ1v) is 8.26. The molecule has 1 aromatic rings. The first-order chi connectivity index (χ1) is 11.0. The normalized spacial score (nSPS) is 14.7. The first-order valence-electron chi connectivity index (χ1n) is 8.26. The quantitative estimate of drug-likeness (QED) is 0.865. The number of piperidine rings is 1. The molecule has 0 saturated carbocycles. The van der Waals surface area contributed by atoms with Crippen LogP contribution in [0.25, 0.3) is 0 Å². The fourth-order valence-corrected chi connectivity index (χ4v) is 2.66. The zero-order valence-corrected chi connectivity index (χ0v) is 14.0. The minimum absolute atomic E-state index is 0.0277. The monoisotopic (exact) mass is 321 g/mol. The number of carboxylic acids is 2.